The molecule has 1 saturated carbocycles. The molecule has 1 aromatic heterocycles. The Kier molecular flexibility index (Phi) is 3.67. The molecule has 1 N–H and O–H groups in total. The molecule has 0 radical (unpaired) electrons. The molecule has 1 aliphatic rings. The Morgan fingerprint density at radius 1 is 1.56 bits per heavy atom. The maximum Gasteiger partial charge on any atom is 0.0655 e. The van der Waals surface area contributed by atoms with E-state index in [1.54, 1.807) is 0 Å². The van der Waals surface area contributed by atoms with Crippen molar-refractivity contribution in [3.05, 3.63) is 22.4 Å². The standard InChI is InChI=1S/C13H21NOS/c1-4-15-12-8-11(13(12,2)3)14-9-10-6-5-7-16-10/h5-7,11-12,14H,4,8-9H2,1-3H3. The summed E-state index contributed by atoms with van der Waals surface area (Å²) in [5.74, 6) is 0. The van der Waals surface area contributed by atoms with E-state index in [9.17, 15) is 0 Å². The van der Waals surface area contributed by atoms with Crippen LogP contribution < -0.4 is 5.32 Å². The third kappa shape index (κ3) is 2.31. The van der Waals surface area contributed by atoms with E-state index in [0.29, 0.717) is 12.1 Å². The summed E-state index contributed by atoms with van der Waals surface area (Å²) in [6.07, 6.45) is 1.57. The summed E-state index contributed by atoms with van der Waals surface area (Å²) in [6, 6.07) is 4.88. The summed E-state index contributed by atoms with van der Waals surface area (Å²) in [5, 5.41) is 5.76. The van der Waals surface area contributed by atoms with Crippen molar-refractivity contribution >= 4 is 11.3 Å². The number of rotatable bonds is 5. The average molecular weight is 239 g/mol. The molecule has 16 heavy (non-hydrogen) atoms. The van der Waals surface area contributed by atoms with Crippen LogP contribution in [-0.2, 0) is 11.3 Å². The maximum absolute atomic E-state index is 5.72. The zero-order chi connectivity index (χ0) is 11.6. The lowest BCUT2D eigenvalue weighted by Gasteiger charge is -2.51. The number of nitrogens with one attached hydrogen (secondary N) is 1. The van der Waals surface area contributed by atoms with Gasteiger partial charge in [-0.15, -0.1) is 11.3 Å². The van der Waals surface area contributed by atoms with Crippen LogP contribution in [0.2, 0.25) is 0 Å². The first-order valence-electron chi connectivity index (χ1n) is 6.02. The molecule has 1 fully saturated rings. The molecule has 0 amide bonds. The fourth-order valence-corrected chi connectivity index (χ4v) is 3.01. The van der Waals surface area contributed by atoms with Crippen molar-refractivity contribution < 1.29 is 4.74 Å². The highest BCUT2D eigenvalue weighted by Gasteiger charge is 2.48. The maximum atomic E-state index is 5.72. The predicted molar refractivity (Wildman–Crippen MR) is 68.8 cm³/mol. The van der Waals surface area contributed by atoms with E-state index in [-0.39, 0.29) is 5.41 Å². The Hall–Kier alpha value is -0.380. The van der Waals surface area contributed by atoms with Gasteiger partial charge in [-0.2, -0.15) is 0 Å². The molecule has 2 unspecified atom stereocenters. The van der Waals surface area contributed by atoms with Gasteiger partial charge < -0.3 is 10.1 Å². The minimum Gasteiger partial charge on any atom is -0.378 e. The molecule has 90 valence electrons. The fraction of sp³-hybridized carbons (Fsp3) is 0.692. The van der Waals surface area contributed by atoms with E-state index in [2.05, 4.69) is 43.6 Å². The lowest BCUT2D eigenvalue weighted by atomic mass is 9.64. The highest BCUT2D eigenvalue weighted by molar-refractivity contribution is 7.09. The van der Waals surface area contributed by atoms with Crippen LogP contribution in [0.5, 0.6) is 0 Å². The van der Waals surface area contributed by atoms with Gasteiger partial charge in [-0.3, -0.25) is 0 Å². The molecule has 2 nitrogen and oxygen atoms in total. The van der Waals surface area contributed by atoms with Crippen molar-refractivity contribution in [1.29, 1.82) is 0 Å². The molecule has 3 heteroatoms. The quantitative estimate of drug-likeness (QED) is 0.852. The van der Waals surface area contributed by atoms with Gasteiger partial charge in [0.1, 0.15) is 0 Å². The first-order valence-corrected chi connectivity index (χ1v) is 6.90. The predicted octanol–water partition coefficient (Wildman–Crippen LogP) is 3.04. The van der Waals surface area contributed by atoms with Crippen LogP contribution in [0, 0.1) is 5.41 Å². The first kappa shape index (κ1) is 12.1. The molecular formula is C13H21NOS. The summed E-state index contributed by atoms with van der Waals surface area (Å²) in [5.41, 5.74) is 0.271. The average Bonchev–Trinajstić information content (AvgIpc) is 2.75. The van der Waals surface area contributed by atoms with Crippen molar-refractivity contribution in [1.82, 2.24) is 5.32 Å². The summed E-state index contributed by atoms with van der Waals surface area (Å²) in [4.78, 5) is 1.41. The zero-order valence-electron chi connectivity index (χ0n) is 10.3. The van der Waals surface area contributed by atoms with Gasteiger partial charge in [0.25, 0.3) is 0 Å². The normalized spacial score (nSPS) is 27.7. The van der Waals surface area contributed by atoms with E-state index in [0.717, 1.165) is 19.6 Å². The topological polar surface area (TPSA) is 21.3 Å². The van der Waals surface area contributed by atoms with Crippen molar-refractivity contribution in [2.75, 3.05) is 6.61 Å². The minimum absolute atomic E-state index is 0.271. The second-order valence-electron chi connectivity index (χ2n) is 5.01. The number of hydrogen-bond donors (Lipinski definition) is 1. The third-order valence-corrected chi connectivity index (χ3v) is 4.52. The highest BCUT2D eigenvalue weighted by atomic mass is 32.1. The molecule has 0 saturated heterocycles. The minimum atomic E-state index is 0.271. The lowest BCUT2D eigenvalue weighted by Crippen LogP contribution is -2.60. The van der Waals surface area contributed by atoms with Crippen LogP contribution in [0.3, 0.4) is 0 Å². The van der Waals surface area contributed by atoms with Crippen LogP contribution in [0.1, 0.15) is 32.1 Å². The second kappa shape index (κ2) is 4.86. The van der Waals surface area contributed by atoms with E-state index in [1.807, 2.05) is 11.3 Å². The van der Waals surface area contributed by atoms with Crippen molar-refractivity contribution in [2.45, 2.75) is 45.9 Å². The van der Waals surface area contributed by atoms with Gasteiger partial charge in [0, 0.05) is 29.5 Å². The molecule has 1 aliphatic carbocycles. The third-order valence-electron chi connectivity index (χ3n) is 3.65. The number of ether oxygens (including phenoxy) is 1. The van der Waals surface area contributed by atoms with Crippen LogP contribution in [-0.4, -0.2) is 18.8 Å². The largest absolute Gasteiger partial charge is 0.378 e. The molecule has 1 aromatic rings. The highest BCUT2D eigenvalue weighted by Crippen LogP contribution is 2.42. The molecule has 0 spiro atoms. The van der Waals surface area contributed by atoms with Crippen molar-refractivity contribution in [3.63, 3.8) is 0 Å². The first-order chi connectivity index (χ1) is 7.64. The summed E-state index contributed by atoms with van der Waals surface area (Å²) in [6.45, 7) is 8.48. The number of thiophene rings is 1. The zero-order valence-corrected chi connectivity index (χ0v) is 11.1. The van der Waals surface area contributed by atoms with E-state index < -0.39 is 0 Å². The van der Waals surface area contributed by atoms with Gasteiger partial charge in [-0.1, -0.05) is 19.9 Å². The van der Waals surface area contributed by atoms with Crippen LogP contribution in [0.4, 0.5) is 0 Å². The summed E-state index contributed by atoms with van der Waals surface area (Å²) in [7, 11) is 0. The molecule has 0 aromatic carbocycles. The van der Waals surface area contributed by atoms with Gasteiger partial charge in [0.15, 0.2) is 0 Å². The second-order valence-corrected chi connectivity index (χ2v) is 6.05. The smallest absolute Gasteiger partial charge is 0.0655 e. The Morgan fingerprint density at radius 2 is 2.38 bits per heavy atom. The van der Waals surface area contributed by atoms with Gasteiger partial charge in [-0.05, 0) is 24.8 Å². The van der Waals surface area contributed by atoms with Gasteiger partial charge in [0.05, 0.1) is 6.10 Å². The van der Waals surface area contributed by atoms with E-state index in [4.69, 9.17) is 4.74 Å². The molecule has 1 heterocycles. The Bertz CT molecular complexity index is 321. The van der Waals surface area contributed by atoms with Crippen LogP contribution in [0.15, 0.2) is 17.5 Å². The number of hydrogen-bond acceptors (Lipinski definition) is 3. The SMILES string of the molecule is CCOC1CC(NCc2cccs2)C1(C)C. The summed E-state index contributed by atoms with van der Waals surface area (Å²) < 4.78 is 5.72. The Labute approximate surface area is 102 Å². The van der Waals surface area contributed by atoms with E-state index >= 15 is 0 Å². The van der Waals surface area contributed by atoms with Gasteiger partial charge >= 0.3 is 0 Å². The fourth-order valence-electron chi connectivity index (χ4n) is 2.35. The Morgan fingerprint density at radius 3 is 2.94 bits per heavy atom. The lowest BCUT2D eigenvalue weighted by molar-refractivity contribution is -0.114. The van der Waals surface area contributed by atoms with Crippen molar-refractivity contribution in [3.8, 4) is 0 Å². The van der Waals surface area contributed by atoms with Crippen molar-refractivity contribution in [2.24, 2.45) is 5.41 Å². The molecular weight excluding hydrogens is 218 g/mol. The molecule has 2 rings (SSSR count). The van der Waals surface area contributed by atoms with Crippen LogP contribution >= 0.6 is 11.3 Å². The molecule has 0 bridgehead atoms. The summed E-state index contributed by atoms with van der Waals surface area (Å²) >= 11 is 1.82. The van der Waals surface area contributed by atoms with Gasteiger partial charge in [-0.25, -0.2) is 0 Å². The molecule has 0 aliphatic heterocycles. The van der Waals surface area contributed by atoms with Crippen LogP contribution in [0.25, 0.3) is 0 Å². The molecule has 2 atom stereocenters. The monoisotopic (exact) mass is 239 g/mol. The van der Waals surface area contributed by atoms with Gasteiger partial charge in [0.2, 0.25) is 0 Å². The Balaban J connectivity index is 1.80. The van der Waals surface area contributed by atoms with E-state index in [1.165, 1.54) is 4.88 Å².